The number of hydrogen-bond acceptors (Lipinski definition) is 2. The van der Waals surface area contributed by atoms with E-state index in [0.717, 1.165) is 28.0 Å². The van der Waals surface area contributed by atoms with Crippen LogP contribution in [0.2, 0.25) is 0 Å². The molecule has 0 aliphatic rings. The van der Waals surface area contributed by atoms with E-state index in [1.807, 2.05) is 6.07 Å². The first-order valence-corrected chi connectivity index (χ1v) is 7.64. The van der Waals surface area contributed by atoms with Gasteiger partial charge in [0.2, 0.25) is 0 Å². The summed E-state index contributed by atoms with van der Waals surface area (Å²) in [7, 11) is 3.34. The maximum atomic E-state index is 5.52. The minimum absolute atomic E-state index is 0.154. The highest BCUT2D eigenvalue weighted by atomic mass is 79.9. The lowest BCUT2D eigenvalue weighted by Crippen LogP contribution is -2.17. The van der Waals surface area contributed by atoms with Gasteiger partial charge in [-0.1, -0.05) is 42.8 Å². The van der Waals surface area contributed by atoms with E-state index >= 15 is 0 Å². The Kier molecular flexibility index (Phi) is 5.53. The van der Waals surface area contributed by atoms with Gasteiger partial charge >= 0.3 is 0 Å². The summed E-state index contributed by atoms with van der Waals surface area (Å²) in [5, 5.41) is 0. The molecule has 1 aromatic rings. The number of rotatable bonds is 5. The van der Waals surface area contributed by atoms with Gasteiger partial charge in [0.1, 0.15) is 16.0 Å². The molecule has 0 amide bonds. The molecule has 2 nitrogen and oxygen atoms in total. The van der Waals surface area contributed by atoms with Crippen LogP contribution in [0.25, 0.3) is 0 Å². The third kappa shape index (κ3) is 3.02. The van der Waals surface area contributed by atoms with Crippen LogP contribution in [0.15, 0.2) is 16.6 Å². The third-order valence-corrected chi connectivity index (χ3v) is 5.87. The zero-order chi connectivity index (χ0) is 13.9. The molecule has 102 valence electrons. The van der Waals surface area contributed by atoms with Crippen LogP contribution in [0.1, 0.15) is 37.6 Å². The molecular weight excluding hydrogens is 360 g/mol. The van der Waals surface area contributed by atoms with Crippen molar-refractivity contribution in [3.63, 3.8) is 0 Å². The second-order valence-corrected chi connectivity index (χ2v) is 6.62. The third-order valence-electron chi connectivity index (χ3n) is 3.39. The first kappa shape index (κ1) is 15.8. The van der Waals surface area contributed by atoms with E-state index in [4.69, 9.17) is 9.47 Å². The molecule has 0 bridgehead atoms. The molecule has 0 saturated heterocycles. The molecule has 18 heavy (non-hydrogen) atoms. The van der Waals surface area contributed by atoms with Crippen LogP contribution in [0.4, 0.5) is 0 Å². The van der Waals surface area contributed by atoms with Crippen molar-refractivity contribution in [2.45, 2.75) is 32.0 Å². The Balaban J connectivity index is 3.29. The first-order chi connectivity index (χ1) is 8.38. The van der Waals surface area contributed by atoms with Gasteiger partial charge in [0.15, 0.2) is 0 Å². The van der Waals surface area contributed by atoms with Crippen molar-refractivity contribution in [3.05, 3.63) is 22.2 Å². The van der Waals surface area contributed by atoms with Crippen LogP contribution < -0.4 is 9.47 Å². The van der Waals surface area contributed by atoms with Crippen LogP contribution in [0, 0.1) is 5.41 Å². The van der Waals surface area contributed by atoms with Gasteiger partial charge in [-0.3, -0.25) is 0 Å². The average Bonchev–Trinajstić information content (AvgIpc) is 2.37. The smallest absolute Gasteiger partial charge is 0.141 e. The average molecular weight is 380 g/mol. The maximum absolute atomic E-state index is 5.52. The largest absolute Gasteiger partial charge is 0.495 e. The van der Waals surface area contributed by atoms with Crippen molar-refractivity contribution < 1.29 is 9.47 Å². The Morgan fingerprint density at radius 2 is 1.83 bits per heavy atom. The van der Waals surface area contributed by atoms with Crippen LogP contribution in [0.5, 0.6) is 11.5 Å². The van der Waals surface area contributed by atoms with Gasteiger partial charge in [-0.15, -0.1) is 0 Å². The van der Waals surface area contributed by atoms with Gasteiger partial charge in [-0.2, -0.15) is 0 Å². The van der Waals surface area contributed by atoms with Crippen molar-refractivity contribution in [2.75, 3.05) is 14.2 Å². The summed E-state index contributed by atoms with van der Waals surface area (Å²) in [6.07, 6.45) is 1.08. The molecular formula is C14H20Br2O2. The summed E-state index contributed by atoms with van der Waals surface area (Å²) in [6, 6.07) is 4.02. The number of alkyl halides is 1. The Morgan fingerprint density at radius 1 is 1.22 bits per heavy atom. The molecule has 4 heteroatoms. The van der Waals surface area contributed by atoms with Crippen LogP contribution in [0.3, 0.4) is 0 Å². The van der Waals surface area contributed by atoms with Crippen LogP contribution >= 0.6 is 31.9 Å². The van der Waals surface area contributed by atoms with Crippen molar-refractivity contribution >= 4 is 31.9 Å². The number of ether oxygens (including phenoxy) is 2. The van der Waals surface area contributed by atoms with E-state index in [1.165, 1.54) is 0 Å². The second-order valence-electron chi connectivity index (χ2n) is 4.91. The Morgan fingerprint density at radius 3 is 2.28 bits per heavy atom. The molecule has 0 aromatic heterocycles. The molecule has 1 unspecified atom stereocenters. The standard InChI is InChI=1S/C14H20Br2O2/c1-6-14(2,3)13(16)9-7-8-10(17-4)11(15)12(9)18-5/h7-8,13H,6H2,1-5H3. The zero-order valence-electron chi connectivity index (χ0n) is 11.5. The Labute approximate surface area is 126 Å². The lowest BCUT2D eigenvalue weighted by molar-refractivity contribution is 0.332. The summed E-state index contributed by atoms with van der Waals surface area (Å²) < 4.78 is 11.7. The summed E-state index contributed by atoms with van der Waals surface area (Å²) >= 11 is 7.34. The van der Waals surface area contributed by atoms with Crippen molar-refractivity contribution in [3.8, 4) is 11.5 Å². The summed E-state index contributed by atoms with van der Waals surface area (Å²) in [5.74, 6) is 1.61. The molecule has 0 fully saturated rings. The van der Waals surface area contributed by atoms with E-state index in [9.17, 15) is 0 Å². The van der Waals surface area contributed by atoms with E-state index in [1.54, 1.807) is 14.2 Å². The highest BCUT2D eigenvalue weighted by molar-refractivity contribution is 9.10. The molecule has 1 rings (SSSR count). The van der Waals surface area contributed by atoms with Gasteiger partial charge in [0, 0.05) is 10.4 Å². The molecule has 0 radical (unpaired) electrons. The minimum atomic E-state index is 0.154. The van der Waals surface area contributed by atoms with Gasteiger partial charge < -0.3 is 9.47 Å². The number of halogens is 2. The van der Waals surface area contributed by atoms with E-state index in [-0.39, 0.29) is 10.2 Å². The highest BCUT2D eigenvalue weighted by Crippen LogP contribution is 2.49. The minimum Gasteiger partial charge on any atom is -0.495 e. The normalized spacial score (nSPS) is 13.3. The van der Waals surface area contributed by atoms with E-state index in [0.29, 0.717) is 0 Å². The van der Waals surface area contributed by atoms with Crippen LogP contribution in [-0.4, -0.2) is 14.2 Å². The van der Waals surface area contributed by atoms with Gasteiger partial charge in [0.05, 0.1) is 14.2 Å². The van der Waals surface area contributed by atoms with Crippen molar-refractivity contribution in [1.29, 1.82) is 0 Å². The lowest BCUT2D eigenvalue weighted by atomic mass is 9.83. The number of hydrogen-bond donors (Lipinski definition) is 0. The zero-order valence-corrected chi connectivity index (χ0v) is 14.7. The second kappa shape index (κ2) is 6.29. The topological polar surface area (TPSA) is 18.5 Å². The molecule has 0 saturated carbocycles. The van der Waals surface area contributed by atoms with Crippen molar-refractivity contribution in [2.24, 2.45) is 5.41 Å². The van der Waals surface area contributed by atoms with Gasteiger partial charge in [-0.25, -0.2) is 0 Å². The number of benzene rings is 1. The SMILES string of the molecule is CCC(C)(C)C(Br)c1ccc(OC)c(Br)c1OC. The maximum Gasteiger partial charge on any atom is 0.141 e. The fourth-order valence-corrected chi connectivity index (χ4v) is 3.09. The quantitative estimate of drug-likeness (QED) is 0.643. The molecule has 0 heterocycles. The first-order valence-electron chi connectivity index (χ1n) is 5.93. The summed E-state index contributed by atoms with van der Waals surface area (Å²) in [4.78, 5) is 0.229. The van der Waals surface area contributed by atoms with Crippen molar-refractivity contribution in [1.82, 2.24) is 0 Å². The summed E-state index contributed by atoms with van der Waals surface area (Å²) in [5.41, 5.74) is 1.29. The molecule has 0 spiro atoms. The van der Waals surface area contributed by atoms with Gasteiger partial charge in [0.25, 0.3) is 0 Å². The lowest BCUT2D eigenvalue weighted by Gasteiger charge is -2.30. The van der Waals surface area contributed by atoms with E-state index in [2.05, 4.69) is 58.7 Å². The predicted molar refractivity (Wildman–Crippen MR) is 83.0 cm³/mol. The number of methoxy groups -OCH3 is 2. The predicted octanol–water partition coefficient (Wildman–Crippen LogP) is 5.34. The van der Waals surface area contributed by atoms with E-state index < -0.39 is 0 Å². The van der Waals surface area contributed by atoms with Crippen LogP contribution in [-0.2, 0) is 0 Å². The fourth-order valence-electron chi connectivity index (χ4n) is 1.72. The van der Waals surface area contributed by atoms with Gasteiger partial charge in [-0.05, 0) is 33.8 Å². The monoisotopic (exact) mass is 378 g/mol. The highest BCUT2D eigenvalue weighted by Gasteiger charge is 2.30. The Bertz CT molecular complexity index is 417. The Hall–Kier alpha value is -0.220. The molecule has 0 N–H and O–H groups in total. The molecule has 1 atom stereocenters. The summed E-state index contributed by atoms with van der Waals surface area (Å²) in [6.45, 7) is 6.67. The molecule has 0 aliphatic carbocycles. The molecule has 1 aromatic carbocycles. The molecule has 0 aliphatic heterocycles. The fraction of sp³-hybridized carbons (Fsp3) is 0.571.